The minimum absolute atomic E-state index is 0.216. The number of methoxy groups -OCH3 is 1. The summed E-state index contributed by atoms with van der Waals surface area (Å²) in [7, 11) is 1.73. The van der Waals surface area contributed by atoms with Crippen molar-refractivity contribution in [3.05, 3.63) is 24.3 Å². The van der Waals surface area contributed by atoms with Gasteiger partial charge in [-0.25, -0.2) is 0 Å². The second kappa shape index (κ2) is 10.1. The number of unbranched alkanes of at least 4 members (excludes halogenated alkanes) is 6. The first-order chi connectivity index (χ1) is 11.7. The monoisotopic (exact) mass is 370 g/mol. The highest BCUT2D eigenvalue weighted by atomic mass is 32.3. The molecule has 3 atom stereocenters. The quantitative estimate of drug-likeness (QED) is 0.228. The molecule has 0 N–H and O–H groups in total. The van der Waals surface area contributed by atoms with Crippen LogP contribution in [0.5, 0.6) is 0 Å². The number of hydrogen-bond acceptors (Lipinski definition) is 3. The van der Waals surface area contributed by atoms with E-state index < -0.39 is 11.4 Å². The minimum Gasteiger partial charge on any atom is -0.560 e. The summed E-state index contributed by atoms with van der Waals surface area (Å²) in [5.41, 5.74) is 0. The maximum absolute atomic E-state index is 13.2. The van der Waals surface area contributed by atoms with Gasteiger partial charge < -0.3 is 9.29 Å². The highest BCUT2D eigenvalue weighted by Gasteiger charge is 2.56. The van der Waals surface area contributed by atoms with Crippen molar-refractivity contribution >= 4 is 23.3 Å². The molecule has 1 aliphatic rings. The number of fused-ring (bicyclic) bond motifs is 1. The van der Waals surface area contributed by atoms with Gasteiger partial charge in [-0.15, -0.1) is 0 Å². The molecule has 0 fully saturated rings. The van der Waals surface area contributed by atoms with Gasteiger partial charge >= 0.3 is 0 Å². The summed E-state index contributed by atoms with van der Waals surface area (Å²) < 4.78 is 19.2. The molecule has 0 saturated heterocycles. The summed E-state index contributed by atoms with van der Waals surface area (Å²) in [5.74, 6) is 0. The summed E-state index contributed by atoms with van der Waals surface area (Å²) in [6.45, 7) is 6.01. The van der Waals surface area contributed by atoms with Crippen LogP contribution in [0, 0.1) is 0 Å². The molecule has 0 aromatic heterocycles. The zero-order valence-corrected chi connectivity index (χ0v) is 17.0. The Kier molecular flexibility index (Phi) is 8.44. The van der Waals surface area contributed by atoms with Gasteiger partial charge in [-0.3, -0.25) is 0 Å². The highest BCUT2D eigenvalue weighted by Crippen LogP contribution is 2.50. The van der Waals surface area contributed by atoms with Crippen LogP contribution in [0.2, 0.25) is 0 Å². The van der Waals surface area contributed by atoms with Crippen LogP contribution in [-0.2, 0) is 16.1 Å². The second-order valence-corrected chi connectivity index (χ2v) is 9.76. The van der Waals surface area contributed by atoms with Gasteiger partial charge in [0, 0.05) is 19.6 Å². The molecule has 0 spiro atoms. The van der Waals surface area contributed by atoms with E-state index in [0.717, 1.165) is 17.9 Å². The Morgan fingerprint density at radius 2 is 1.79 bits per heavy atom. The molecule has 5 heteroatoms. The van der Waals surface area contributed by atoms with Crippen molar-refractivity contribution in [2.45, 2.75) is 74.6 Å². The number of nitrogens with zero attached hydrogens (tertiary/aromatic N) is 1. The number of quaternary nitrogens is 1. The molecule has 0 radical (unpaired) electrons. The van der Waals surface area contributed by atoms with E-state index in [2.05, 4.69) is 19.9 Å². The number of ether oxygens (including phenoxy) is 1. The first-order valence-electron chi connectivity index (χ1n) is 9.23. The Bertz CT molecular complexity index is 500. The van der Waals surface area contributed by atoms with Crippen molar-refractivity contribution in [1.82, 2.24) is 0 Å². The predicted octanol–water partition coefficient (Wildman–Crippen LogP) is 5.33. The molecule has 0 bridgehead atoms. The van der Waals surface area contributed by atoms with Crippen LogP contribution in [0.15, 0.2) is 34.1 Å². The predicted molar refractivity (Wildman–Crippen MR) is 103 cm³/mol. The van der Waals surface area contributed by atoms with Crippen molar-refractivity contribution in [3.8, 4) is 0 Å². The first-order valence-corrected chi connectivity index (χ1v) is 11.1. The lowest BCUT2D eigenvalue weighted by Crippen LogP contribution is -2.52. The molecule has 1 heterocycles. The fourth-order valence-corrected chi connectivity index (χ4v) is 6.90. The van der Waals surface area contributed by atoms with Gasteiger partial charge in [0.05, 0.1) is 0 Å². The van der Waals surface area contributed by atoms with Crippen LogP contribution in [0.25, 0.3) is 0 Å². The molecule has 0 amide bonds. The normalized spacial score (nSPS) is 24.1. The van der Waals surface area contributed by atoms with Crippen molar-refractivity contribution < 1.29 is 12.6 Å². The molecular weight excluding hydrogens is 338 g/mol. The first kappa shape index (κ1) is 20.1. The Balaban J connectivity index is 1.96. The molecule has 1 aromatic rings. The molecule has 0 aliphatic carbocycles. The average molecular weight is 371 g/mol. The second-order valence-electron chi connectivity index (χ2n) is 6.66. The van der Waals surface area contributed by atoms with Crippen LogP contribution in [0.4, 0.5) is 0 Å². The van der Waals surface area contributed by atoms with E-state index in [4.69, 9.17) is 4.74 Å². The lowest BCUT2D eigenvalue weighted by atomic mass is 10.1. The standard InChI is InChI=1S/C19H32NO2S2/c1-4-5-6-7-8-9-12-15-20(17(2)16-22-3)23-18-13-10-11-14-19(18)24(20)21/h10-11,13-14,17H,4-9,12,15-16H2,1-3H3/q+1. The van der Waals surface area contributed by atoms with Gasteiger partial charge in [-0.05, 0) is 19.4 Å². The van der Waals surface area contributed by atoms with E-state index in [1.54, 1.807) is 19.1 Å². The molecule has 3 unspecified atom stereocenters. The minimum atomic E-state index is -1.02. The van der Waals surface area contributed by atoms with Crippen LogP contribution < -0.4 is 0 Å². The highest BCUT2D eigenvalue weighted by molar-refractivity contribution is 8.05. The van der Waals surface area contributed by atoms with E-state index in [9.17, 15) is 4.55 Å². The van der Waals surface area contributed by atoms with Crippen molar-refractivity contribution in [2.24, 2.45) is 0 Å². The lowest BCUT2D eigenvalue weighted by Gasteiger charge is -2.33. The maximum atomic E-state index is 13.2. The summed E-state index contributed by atoms with van der Waals surface area (Å²) in [6, 6.07) is 8.36. The summed E-state index contributed by atoms with van der Waals surface area (Å²) in [4.78, 5) is 2.16. The van der Waals surface area contributed by atoms with Gasteiger partial charge in [-0.1, -0.05) is 54.5 Å². The third-order valence-corrected chi connectivity index (χ3v) is 8.72. The van der Waals surface area contributed by atoms with Crippen molar-refractivity contribution in [3.63, 3.8) is 0 Å². The van der Waals surface area contributed by atoms with E-state index >= 15 is 0 Å². The third-order valence-electron chi connectivity index (χ3n) is 4.72. The molecular formula is C19H32NO2S2+. The fraction of sp³-hybridized carbons (Fsp3) is 0.684. The third kappa shape index (κ3) is 4.70. The zero-order chi connectivity index (χ0) is 17.4. The Morgan fingerprint density at radius 3 is 2.46 bits per heavy atom. The van der Waals surface area contributed by atoms with Crippen LogP contribution >= 0.6 is 11.9 Å². The van der Waals surface area contributed by atoms with Crippen LogP contribution in [-0.4, -0.2) is 34.1 Å². The van der Waals surface area contributed by atoms with Gasteiger partial charge in [0.2, 0.25) is 16.3 Å². The van der Waals surface area contributed by atoms with Gasteiger partial charge in [0.1, 0.15) is 18.0 Å². The zero-order valence-electron chi connectivity index (χ0n) is 15.3. The molecule has 1 aromatic carbocycles. The Hall–Kier alpha value is -0.200. The number of hydrogen-bond donors (Lipinski definition) is 0. The van der Waals surface area contributed by atoms with Crippen molar-refractivity contribution in [1.29, 1.82) is 0 Å². The maximum Gasteiger partial charge on any atom is 0.231 e. The van der Waals surface area contributed by atoms with E-state index in [0.29, 0.717) is 9.90 Å². The molecule has 136 valence electrons. The van der Waals surface area contributed by atoms with E-state index in [-0.39, 0.29) is 6.04 Å². The smallest absolute Gasteiger partial charge is 0.231 e. The Labute approximate surface area is 155 Å². The fourth-order valence-electron chi connectivity index (χ4n) is 3.28. The van der Waals surface area contributed by atoms with Crippen molar-refractivity contribution in [2.75, 3.05) is 20.3 Å². The summed E-state index contributed by atoms with van der Waals surface area (Å²) in [6.07, 6.45) is 8.98. The largest absolute Gasteiger partial charge is 0.560 e. The summed E-state index contributed by atoms with van der Waals surface area (Å²) in [5, 5.41) is 0. The number of rotatable bonds is 11. The Morgan fingerprint density at radius 1 is 1.12 bits per heavy atom. The van der Waals surface area contributed by atoms with Gasteiger partial charge in [0.15, 0.2) is 18.0 Å². The average Bonchev–Trinajstić information content (AvgIpc) is 2.88. The van der Waals surface area contributed by atoms with Crippen LogP contribution in [0.1, 0.15) is 58.8 Å². The molecule has 0 saturated carbocycles. The topological polar surface area (TPSA) is 32.3 Å². The van der Waals surface area contributed by atoms with E-state index in [1.807, 2.05) is 18.2 Å². The summed E-state index contributed by atoms with van der Waals surface area (Å²) >= 11 is 0.753. The molecule has 3 nitrogen and oxygen atoms in total. The van der Waals surface area contributed by atoms with Gasteiger partial charge in [0.25, 0.3) is 0 Å². The van der Waals surface area contributed by atoms with E-state index in [1.165, 1.54) is 43.4 Å². The molecule has 2 rings (SSSR count). The lowest BCUT2D eigenvalue weighted by molar-refractivity contribution is -0.691. The van der Waals surface area contributed by atoms with Crippen LogP contribution in [0.3, 0.4) is 0 Å². The number of benzene rings is 1. The molecule has 24 heavy (non-hydrogen) atoms. The SMILES string of the molecule is CCCCCCCCC[N+]1(C(C)COC)Sc2ccccc2[S+]1[O-]. The molecule has 1 aliphatic heterocycles. The van der Waals surface area contributed by atoms with Gasteiger partial charge in [-0.2, -0.15) is 0 Å².